The highest BCUT2D eigenvalue weighted by atomic mass is 35.5. The summed E-state index contributed by atoms with van der Waals surface area (Å²) in [5.41, 5.74) is 1.81. The summed E-state index contributed by atoms with van der Waals surface area (Å²) < 4.78 is 38.3. The molecule has 27 heavy (non-hydrogen) atoms. The van der Waals surface area contributed by atoms with Gasteiger partial charge in [-0.05, 0) is 48.7 Å². The molecule has 1 N–H and O–H groups in total. The minimum atomic E-state index is -3.96. The minimum Gasteiger partial charge on any atom is -0.496 e. The Hall–Kier alpha value is -2.09. The van der Waals surface area contributed by atoms with Gasteiger partial charge in [0.15, 0.2) is 0 Å². The first-order chi connectivity index (χ1) is 12.7. The van der Waals surface area contributed by atoms with E-state index in [9.17, 15) is 13.2 Å². The highest BCUT2D eigenvalue weighted by Gasteiger charge is 2.24. The van der Waals surface area contributed by atoms with Gasteiger partial charge in [-0.1, -0.05) is 30.7 Å². The first kappa shape index (κ1) is 21.2. The van der Waals surface area contributed by atoms with Gasteiger partial charge in [0.05, 0.1) is 24.8 Å². The summed E-state index contributed by atoms with van der Waals surface area (Å²) in [6, 6.07) is 9.02. The molecule has 8 heteroatoms. The van der Waals surface area contributed by atoms with Crippen molar-refractivity contribution in [2.24, 2.45) is 0 Å². The lowest BCUT2D eigenvalue weighted by atomic mass is 10.0. The van der Waals surface area contributed by atoms with Crippen LogP contribution in [0.15, 0.2) is 41.3 Å². The van der Waals surface area contributed by atoms with Crippen molar-refractivity contribution in [1.29, 1.82) is 0 Å². The number of halogens is 1. The van der Waals surface area contributed by atoms with Gasteiger partial charge in [-0.15, -0.1) is 0 Å². The molecule has 6 nitrogen and oxygen atoms in total. The Kier molecular flexibility index (Phi) is 6.86. The number of nitrogens with one attached hydrogen (secondary N) is 1. The molecule has 0 unspecified atom stereocenters. The van der Waals surface area contributed by atoms with Crippen molar-refractivity contribution in [2.45, 2.75) is 31.2 Å². The topological polar surface area (TPSA) is 81.7 Å². The van der Waals surface area contributed by atoms with Crippen LogP contribution in [0.1, 0.15) is 40.9 Å². The molecule has 0 aliphatic rings. The highest BCUT2D eigenvalue weighted by Crippen LogP contribution is 2.28. The van der Waals surface area contributed by atoms with Crippen molar-refractivity contribution in [1.82, 2.24) is 4.72 Å². The van der Waals surface area contributed by atoms with E-state index in [1.807, 2.05) is 26.0 Å². The molecule has 2 aromatic carbocycles. The molecule has 2 aromatic rings. The first-order valence-electron chi connectivity index (χ1n) is 8.28. The molecule has 0 bridgehead atoms. The van der Waals surface area contributed by atoms with Gasteiger partial charge in [-0.3, -0.25) is 0 Å². The SMILES string of the molecule is CC[C@H](NS(=O)(=O)c1cc(C(=O)OC)ccc1Cl)c1ccc(OC)c(C)c1. The summed E-state index contributed by atoms with van der Waals surface area (Å²) in [5.74, 6) is 0.0891. The molecule has 0 aliphatic heterocycles. The largest absolute Gasteiger partial charge is 0.496 e. The van der Waals surface area contributed by atoms with Crippen LogP contribution in [0.5, 0.6) is 5.75 Å². The number of carbonyl (C=O) groups is 1. The van der Waals surface area contributed by atoms with Gasteiger partial charge in [-0.2, -0.15) is 0 Å². The maximum absolute atomic E-state index is 12.9. The Balaban J connectivity index is 2.39. The Morgan fingerprint density at radius 1 is 1.19 bits per heavy atom. The predicted molar refractivity (Wildman–Crippen MR) is 104 cm³/mol. The molecule has 0 fully saturated rings. The second-order valence-corrected chi connectivity index (χ2v) is 8.04. The third kappa shape index (κ3) is 4.80. The van der Waals surface area contributed by atoms with Crippen LogP contribution in [-0.4, -0.2) is 28.6 Å². The lowest BCUT2D eigenvalue weighted by molar-refractivity contribution is 0.0600. The van der Waals surface area contributed by atoms with E-state index in [4.69, 9.17) is 16.3 Å². The Bertz CT molecular complexity index is 943. The van der Waals surface area contributed by atoms with Crippen LogP contribution in [-0.2, 0) is 14.8 Å². The number of ether oxygens (including phenoxy) is 2. The fourth-order valence-corrected chi connectivity index (χ4v) is 4.54. The smallest absolute Gasteiger partial charge is 0.337 e. The number of methoxy groups -OCH3 is 2. The molecule has 0 spiro atoms. The van der Waals surface area contributed by atoms with E-state index in [1.165, 1.54) is 25.3 Å². The number of sulfonamides is 1. The minimum absolute atomic E-state index is 0.0240. The molecule has 0 radical (unpaired) electrons. The lowest BCUT2D eigenvalue weighted by Crippen LogP contribution is -2.29. The van der Waals surface area contributed by atoms with Crippen LogP contribution < -0.4 is 9.46 Å². The van der Waals surface area contributed by atoms with Crippen molar-refractivity contribution in [3.05, 3.63) is 58.1 Å². The number of aryl methyl sites for hydroxylation is 1. The fourth-order valence-electron chi connectivity index (χ4n) is 2.71. The number of benzene rings is 2. The van der Waals surface area contributed by atoms with E-state index < -0.39 is 22.0 Å². The highest BCUT2D eigenvalue weighted by molar-refractivity contribution is 7.89. The van der Waals surface area contributed by atoms with Crippen LogP contribution >= 0.6 is 11.6 Å². The van der Waals surface area contributed by atoms with Gasteiger partial charge in [-0.25, -0.2) is 17.9 Å². The Morgan fingerprint density at radius 3 is 2.44 bits per heavy atom. The maximum atomic E-state index is 12.9. The van der Waals surface area contributed by atoms with Crippen molar-refractivity contribution < 1.29 is 22.7 Å². The molecule has 1 atom stereocenters. The number of carbonyl (C=O) groups excluding carboxylic acids is 1. The second kappa shape index (κ2) is 8.73. The van der Waals surface area contributed by atoms with E-state index in [0.29, 0.717) is 6.42 Å². The average molecular weight is 412 g/mol. The number of hydrogen-bond acceptors (Lipinski definition) is 5. The molecule has 0 amide bonds. The summed E-state index contributed by atoms with van der Waals surface area (Å²) >= 11 is 6.08. The van der Waals surface area contributed by atoms with E-state index >= 15 is 0 Å². The van der Waals surface area contributed by atoms with E-state index in [0.717, 1.165) is 16.9 Å². The first-order valence-corrected chi connectivity index (χ1v) is 10.1. The summed E-state index contributed by atoms with van der Waals surface area (Å²) in [6.07, 6.45) is 0.527. The van der Waals surface area contributed by atoms with Gasteiger partial charge in [0, 0.05) is 6.04 Å². The molecular formula is C19H22ClNO5S. The van der Waals surface area contributed by atoms with Crippen LogP contribution in [0.25, 0.3) is 0 Å². The summed E-state index contributed by atoms with van der Waals surface area (Å²) in [5, 5.41) is 0.0240. The molecule has 2 rings (SSSR count). The second-order valence-electron chi connectivity index (χ2n) is 5.95. The van der Waals surface area contributed by atoms with Gasteiger partial charge < -0.3 is 9.47 Å². The standard InChI is InChI=1S/C19H22ClNO5S/c1-5-16(13-7-9-17(25-3)12(2)10-13)21-27(23,24)18-11-14(19(22)26-4)6-8-15(18)20/h6-11,16,21H,5H2,1-4H3/t16-/m0/s1. The number of hydrogen-bond donors (Lipinski definition) is 1. The fraction of sp³-hybridized carbons (Fsp3) is 0.316. The van der Waals surface area contributed by atoms with Crippen LogP contribution in [0.4, 0.5) is 0 Å². The number of rotatable bonds is 7. The van der Waals surface area contributed by atoms with Crippen molar-refractivity contribution in [3.63, 3.8) is 0 Å². The molecule has 0 saturated carbocycles. The van der Waals surface area contributed by atoms with Gasteiger partial charge in [0.1, 0.15) is 10.6 Å². The molecule has 0 aliphatic carbocycles. The Labute approximate surface area is 164 Å². The molecule has 146 valence electrons. The molecule has 0 heterocycles. The predicted octanol–water partition coefficient (Wildman–Crippen LogP) is 3.87. The van der Waals surface area contributed by atoms with Crippen molar-refractivity contribution in [3.8, 4) is 5.75 Å². The van der Waals surface area contributed by atoms with Gasteiger partial charge in [0.25, 0.3) is 0 Å². The zero-order valence-electron chi connectivity index (χ0n) is 15.6. The Morgan fingerprint density at radius 2 is 1.89 bits per heavy atom. The number of esters is 1. The normalized spacial score (nSPS) is 12.5. The maximum Gasteiger partial charge on any atom is 0.337 e. The summed E-state index contributed by atoms with van der Waals surface area (Å²) in [6.45, 7) is 3.76. The van der Waals surface area contributed by atoms with E-state index in [1.54, 1.807) is 13.2 Å². The third-order valence-corrected chi connectivity index (χ3v) is 6.12. The zero-order valence-corrected chi connectivity index (χ0v) is 17.1. The van der Waals surface area contributed by atoms with Gasteiger partial charge >= 0.3 is 5.97 Å². The van der Waals surface area contributed by atoms with Crippen LogP contribution in [0, 0.1) is 6.92 Å². The van der Waals surface area contributed by atoms with Crippen molar-refractivity contribution >= 4 is 27.6 Å². The monoisotopic (exact) mass is 411 g/mol. The molecular weight excluding hydrogens is 390 g/mol. The average Bonchev–Trinajstić information content (AvgIpc) is 2.65. The van der Waals surface area contributed by atoms with E-state index in [2.05, 4.69) is 9.46 Å². The zero-order chi connectivity index (χ0) is 20.2. The van der Waals surface area contributed by atoms with Crippen LogP contribution in [0.3, 0.4) is 0 Å². The van der Waals surface area contributed by atoms with Crippen LogP contribution in [0.2, 0.25) is 5.02 Å². The van der Waals surface area contributed by atoms with Crippen molar-refractivity contribution in [2.75, 3.05) is 14.2 Å². The lowest BCUT2D eigenvalue weighted by Gasteiger charge is -2.19. The third-order valence-electron chi connectivity index (χ3n) is 4.17. The van der Waals surface area contributed by atoms with E-state index in [-0.39, 0.29) is 15.5 Å². The summed E-state index contributed by atoms with van der Waals surface area (Å²) in [7, 11) is -1.16. The summed E-state index contributed by atoms with van der Waals surface area (Å²) in [4.78, 5) is 11.5. The quantitative estimate of drug-likeness (QED) is 0.699. The van der Waals surface area contributed by atoms with Gasteiger partial charge in [0.2, 0.25) is 10.0 Å². The molecule has 0 aromatic heterocycles. The molecule has 0 saturated heterocycles.